The first-order valence-electron chi connectivity index (χ1n) is 4.53. The molecule has 1 unspecified atom stereocenters. The first-order chi connectivity index (χ1) is 6.82. The normalized spacial score (nSPS) is 15.5. The van der Waals surface area contributed by atoms with E-state index in [1.54, 1.807) is 11.3 Å². The minimum atomic E-state index is -1.19. The molecule has 1 atom stereocenters. The summed E-state index contributed by atoms with van der Waals surface area (Å²) < 4.78 is 16.7. The fourth-order valence-corrected chi connectivity index (χ4v) is 3.14. The molecule has 1 rings (SSSR count). The van der Waals surface area contributed by atoms with Crippen LogP contribution in [0.15, 0.2) is 20.3 Å². The lowest BCUT2D eigenvalue weighted by atomic mass is 10.3. The minimum absolute atomic E-state index is 0.301. The SMILES string of the molecule is C/C(=N\[S+]([O-])C(C)(C)C)c1sccc1Br. The lowest BCUT2D eigenvalue weighted by Gasteiger charge is -2.18. The Hall–Kier alpha value is 0.160. The Balaban J connectivity index is 2.90. The zero-order chi connectivity index (χ0) is 11.6. The first-order valence-corrected chi connectivity index (χ1v) is 7.31. The maximum absolute atomic E-state index is 11.8. The van der Waals surface area contributed by atoms with Gasteiger partial charge in [-0.3, -0.25) is 0 Å². The van der Waals surface area contributed by atoms with Gasteiger partial charge in [0.2, 0.25) is 0 Å². The number of thiophene rings is 1. The average Bonchev–Trinajstić information content (AvgIpc) is 2.49. The zero-order valence-corrected chi connectivity index (χ0v) is 12.4. The van der Waals surface area contributed by atoms with Crippen molar-refractivity contribution >= 4 is 44.3 Å². The van der Waals surface area contributed by atoms with E-state index in [1.165, 1.54) is 0 Å². The van der Waals surface area contributed by atoms with E-state index in [1.807, 2.05) is 39.1 Å². The van der Waals surface area contributed by atoms with E-state index in [9.17, 15) is 4.55 Å². The van der Waals surface area contributed by atoms with Crippen LogP contribution < -0.4 is 0 Å². The molecular formula is C10H14BrNOS2. The van der Waals surface area contributed by atoms with Crippen molar-refractivity contribution in [2.24, 2.45) is 4.40 Å². The molecule has 15 heavy (non-hydrogen) atoms. The van der Waals surface area contributed by atoms with Gasteiger partial charge in [0.05, 0.1) is 4.88 Å². The van der Waals surface area contributed by atoms with Gasteiger partial charge in [-0.15, -0.1) is 11.3 Å². The number of hydrogen-bond donors (Lipinski definition) is 0. The van der Waals surface area contributed by atoms with Crippen molar-refractivity contribution in [1.29, 1.82) is 0 Å². The van der Waals surface area contributed by atoms with E-state index in [-0.39, 0.29) is 4.75 Å². The Morgan fingerprint density at radius 1 is 1.53 bits per heavy atom. The topological polar surface area (TPSA) is 35.4 Å². The molecule has 0 aliphatic rings. The number of hydrogen-bond acceptors (Lipinski definition) is 3. The van der Waals surface area contributed by atoms with E-state index in [0.717, 1.165) is 15.1 Å². The van der Waals surface area contributed by atoms with Crippen molar-refractivity contribution in [1.82, 2.24) is 0 Å². The van der Waals surface area contributed by atoms with Crippen molar-refractivity contribution in [2.75, 3.05) is 0 Å². The van der Waals surface area contributed by atoms with Crippen LogP contribution in [0.1, 0.15) is 32.6 Å². The van der Waals surface area contributed by atoms with Crippen molar-refractivity contribution < 1.29 is 4.55 Å². The largest absolute Gasteiger partial charge is 0.591 e. The van der Waals surface area contributed by atoms with E-state index in [2.05, 4.69) is 20.3 Å². The molecule has 0 bridgehead atoms. The lowest BCUT2D eigenvalue weighted by molar-refractivity contribution is 0.561. The van der Waals surface area contributed by atoms with Gasteiger partial charge in [-0.1, -0.05) is 4.40 Å². The molecule has 1 heterocycles. The smallest absolute Gasteiger partial charge is 0.144 e. The van der Waals surface area contributed by atoms with Crippen LogP contribution in [0.25, 0.3) is 0 Å². The lowest BCUT2D eigenvalue weighted by Crippen LogP contribution is -2.26. The third-order valence-electron chi connectivity index (χ3n) is 1.69. The summed E-state index contributed by atoms with van der Waals surface area (Å²) in [7, 11) is 0. The van der Waals surface area contributed by atoms with Crippen LogP contribution >= 0.6 is 27.3 Å². The van der Waals surface area contributed by atoms with Gasteiger partial charge in [-0.2, -0.15) is 0 Å². The highest BCUT2D eigenvalue weighted by atomic mass is 79.9. The molecule has 0 aliphatic heterocycles. The molecule has 0 N–H and O–H groups in total. The van der Waals surface area contributed by atoms with Crippen LogP contribution in [-0.4, -0.2) is 15.0 Å². The van der Waals surface area contributed by atoms with E-state index >= 15 is 0 Å². The highest BCUT2D eigenvalue weighted by Crippen LogP contribution is 2.25. The highest BCUT2D eigenvalue weighted by Gasteiger charge is 2.27. The van der Waals surface area contributed by atoms with Gasteiger partial charge in [0.1, 0.15) is 21.8 Å². The Labute approximate surface area is 106 Å². The summed E-state index contributed by atoms with van der Waals surface area (Å²) in [5.41, 5.74) is 0.824. The maximum atomic E-state index is 11.8. The molecule has 0 fully saturated rings. The summed E-state index contributed by atoms with van der Waals surface area (Å²) >= 11 is 3.85. The Morgan fingerprint density at radius 3 is 2.53 bits per heavy atom. The molecule has 0 amide bonds. The molecule has 84 valence electrons. The van der Waals surface area contributed by atoms with Gasteiger partial charge in [0.25, 0.3) is 0 Å². The summed E-state index contributed by atoms with van der Waals surface area (Å²) in [5.74, 6) is 0. The van der Waals surface area contributed by atoms with Crippen molar-refractivity contribution in [3.8, 4) is 0 Å². The molecule has 2 nitrogen and oxygen atoms in total. The average molecular weight is 308 g/mol. The maximum Gasteiger partial charge on any atom is 0.144 e. The van der Waals surface area contributed by atoms with Crippen LogP contribution in [0, 0.1) is 0 Å². The zero-order valence-electron chi connectivity index (χ0n) is 9.20. The molecule has 0 saturated heterocycles. The van der Waals surface area contributed by atoms with Gasteiger partial charge >= 0.3 is 0 Å². The van der Waals surface area contributed by atoms with Crippen molar-refractivity contribution in [3.05, 3.63) is 20.8 Å². The van der Waals surface area contributed by atoms with Gasteiger partial charge in [0.15, 0.2) is 0 Å². The number of rotatable bonds is 2. The molecule has 5 heteroatoms. The fourth-order valence-electron chi connectivity index (χ4n) is 0.855. The minimum Gasteiger partial charge on any atom is -0.591 e. The summed E-state index contributed by atoms with van der Waals surface area (Å²) in [6.45, 7) is 7.65. The molecule has 1 aromatic rings. The molecule has 0 spiro atoms. The van der Waals surface area contributed by atoms with Gasteiger partial charge in [-0.25, -0.2) is 0 Å². The van der Waals surface area contributed by atoms with E-state index < -0.39 is 11.4 Å². The van der Waals surface area contributed by atoms with Crippen LogP contribution in [0.2, 0.25) is 0 Å². The van der Waals surface area contributed by atoms with E-state index in [4.69, 9.17) is 0 Å². The second-order valence-electron chi connectivity index (χ2n) is 4.14. The molecular weight excluding hydrogens is 294 g/mol. The van der Waals surface area contributed by atoms with Gasteiger partial charge in [-0.05, 0) is 55.1 Å². The number of halogens is 1. The van der Waals surface area contributed by atoms with Crippen LogP contribution in [0.3, 0.4) is 0 Å². The quantitative estimate of drug-likeness (QED) is 0.605. The fraction of sp³-hybridized carbons (Fsp3) is 0.500. The molecule has 0 aromatic carbocycles. The molecule has 1 aromatic heterocycles. The molecule has 0 saturated carbocycles. The van der Waals surface area contributed by atoms with Gasteiger partial charge in [0, 0.05) is 4.47 Å². The van der Waals surface area contributed by atoms with Crippen LogP contribution in [0.4, 0.5) is 0 Å². The van der Waals surface area contributed by atoms with Gasteiger partial charge < -0.3 is 4.55 Å². The summed E-state index contributed by atoms with van der Waals surface area (Å²) in [6, 6.07) is 1.97. The second kappa shape index (κ2) is 4.99. The number of nitrogens with zero attached hydrogens (tertiary/aromatic N) is 1. The predicted molar refractivity (Wildman–Crippen MR) is 72.1 cm³/mol. The highest BCUT2D eigenvalue weighted by molar-refractivity contribution is 9.10. The molecule has 0 radical (unpaired) electrons. The first kappa shape index (κ1) is 13.2. The van der Waals surface area contributed by atoms with Crippen LogP contribution in [-0.2, 0) is 11.4 Å². The summed E-state index contributed by atoms with van der Waals surface area (Å²) in [5, 5.41) is 1.98. The third-order valence-corrected chi connectivity index (χ3v) is 5.12. The summed E-state index contributed by atoms with van der Waals surface area (Å²) in [4.78, 5) is 1.05. The van der Waals surface area contributed by atoms with Crippen molar-refractivity contribution in [3.63, 3.8) is 0 Å². The molecule has 0 aliphatic carbocycles. The monoisotopic (exact) mass is 307 g/mol. The van der Waals surface area contributed by atoms with E-state index in [0.29, 0.717) is 0 Å². The standard InChI is InChI=1S/C10H14BrNOS2/c1-7(9-8(11)5-6-14-9)12-15(13)10(2,3)4/h5-6H,1-4H3/b12-7+. The van der Waals surface area contributed by atoms with Crippen LogP contribution in [0.5, 0.6) is 0 Å². The Kier molecular flexibility index (Phi) is 4.40. The Bertz CT molecular complexity index is 368. The predicted octanol–water partition coefficient (Wildman–Crippen LogP) is 3.78. The van der Waals surface area contributed by atoms with Crippen molar-refractivity contribution in [2.45, 2.75) is 32.4 Å². The third kappa shape index (κ3) is 3.59. The summed E-state index contributed by atoms with van der Waals surface area (Å²) in [6.07, 6.45) is 0. The Morgan fingerprint density at radius 2 is 2.13 bits per heavy atom. The second-order valence-corrected chi connectivity index (χ2v) is 7.81.